The summed E-state index contributed by atoms with van der Waals surface area (Å²) in [6.45, 7) is 13.8. The van der Waals surface area contributed by atoms with Crippen LogP contribution >= 0.6 is 0 Å². The van der Waals surface area contributed by atoms with Gasteiger partial charge in [0.2, 0.25) is 0 Å². The lowest BCUT2D eigenvalue weighted by Gasteiger charge is -2.40. The van der Waals surface area contributed by atoms with Gasteiger partial charge in [0, 0.05) is 25.7 Å². The largest absolute Gasteiger partial charge is 0.350 e. The molecular formula is C87H158N2O4. The van der Waals surface area contributed by atoms with Crippen LogP contribution in [0.1, 0.15) is 367 Å². The maximum Gasteiger partial charge on any atom is 0.168 e. The van der Waals surface area contributed by atoms with Crippen LogP contribution in [0.4, 0.5) is 0 Å². The third-order valence-electron chi connectivity index (χ3n) is 19.8. The average Bonchev–Trinajstić information content (AvgIpc) is 1.88. The van der Waals surface area contributed by atoms with Crippen molar-refractivity contribution in [2.75, 3.05) is 67.2 Å². The van der Waals surface area contributed by atoms with Crippen molar-refractivity contribution in [3.63, 3.8) is 0 Å². The standard InChI is InChI=1S/C87H158N2O4/c1-7-10-13-16-19-22-25-28-34-39-44-49-54-59-64-79-90-86(91-80-65-60-55-50-45-40-35-29-26-23-20-17-14-11-8-2)73-68-84(69-74-86)72-78-89(6)76-63-58-53-48-43-38-33-31-32-37-42-47-52-57-62-67-82-93-87(75-70-85(83-87)71-77-88(4)5)92-81-66-61-56-51-46-41-36-30-27-24-21-18-15-12-9-3/h19-24,28-30,32-38,84-85H,7-18,25-27,31,39-83H2,1-6H3/b22-19-,23-20-,24-21-,34-28-,35-29-,36-30-,37-32-,38-33-. The van der Waals surface area contributed by atoms with Gasteiger partial charge in [-0.25, -0.2) is 0 Å². The lowest BCUT2D eigenvalue weighted by molar-refractivity contribution is -0.257. The van der Waals surface area contributed by atoms with Gasteiger partial charge >= 0.3 is 0 Å². The van der Waals surface area contributed by atoms with Gasteiger partial charge in [0.1, 0.15) is 0 Å². The van der Waals surface area contributed by atoms with Crippen molar-refractivity contribution in [2.24, 2.45) is 11.8 Å². The Labute approximate surface area is 581 Å². The van der Waals surface area contributed by atoms with Gasteiger partial charge in [-0.3, -0.25) is 0 Å². The van der Waals surface area contributed by atoms with Crippen molar-refractivity contribution in [3.8, 4) is 0 Å². The van der Waals surface area contributed by atoms with Gasteiger partial charge in [-0.15, -0.1) is 0 Å². The number of rotatable bonds is 69. The molecule has 0 bridgehead atoms. The van der Waals surface area contributed by atoms with E-state index in [1.54, 1.807) is 0 Å². The molecule has 2 fully saturated rings. The summed E-state index contributed by atoms with van der Waals surface area (Å²) in [6.07, 6.45) is 105. The Balaban J connectivity index is 1.54. The highest BCUT2D eigenvalue weighted by Crippen LogP contribution is 2.41. The van der Waals surface area contributed by atoms with Gasteiger partial charge in [0.05, 0.1) is 26.4 Å². The Morgan fingerprint density at radius 1 is 0.280 bits per heavy atom. The summed E-state index contributed by atoms with van der Waals surface area (Å²) in [5.74, 6) is 0.818. The van der Waals surface area contributed by atoms with E-state index in [1.807, 2.05) is 0 Å². The second-order valence-corrected chi connectivity index (χ2v) is 29.1. The molecule has 0 aliphatic heterocycles. The predicted molar refractivity (Wildman–Crippen MR) is 412 cm³/mol. The van der Waals surface area contributed by atoms with E-state index in [0.29, 0.717) is 0 Å². The van der Waals surface area contributed by atoms with E-state index in [2.05, 4.69) is 149 Å². The zero-order valence-electron chi connectivity index (χ0n) is 63.1. The Bertz CT molecular complexity index is 1750. The Morgan fingerprint density at radius 2 is 0.548 bits per heavy atom. The van der Waals surface area contributed by atoms with Gasteiger partial charge in [-0.2, -0.15) is 0 Å². The van der Waals surface area contributed by atoms with Crippen LogP contribution in [0.2, 0.25) is 0 Å². The maximum atomic E-state index is 6.80. The molecule has 2 aliphatic carbocycles. The van der Waals surface area contributed by atoms with Crippen LogP contribution in [-0.4, -0.2) is 88.6 Å². The second kappa shape index (κ2) is 66.9. The fourth-order valence-corrected chi connectivity index (χ4v) is 13.5. The van der Waals surface area contributed by atoms with Crippen molar-refractivity contribution < 1.29 is 18.9 Å². The minimum atomic E-state index is -0.355. The molecule has 0 aromatic rings. The number of nitrogens with zero attached hydrogens (tertiary/aromatic N) is 2. The topological polar surface area (TPSA) is 43.4 Å². The molecule has 6 heteroatoms. The minimum absolute atomic E-state index is 0.339. The first-order valence-electron chi connectivity index (χ1n) is 40.9. The monoisotopic (exact) mass is 1300 g/mol. The minimum Gasteiger partial charge on any atom is -0.350 e. The van der Waals surface area contributed by atoms with Gasteiger partial charge in [-0.1, -0.05) is 246 Å². The van der Waals surface area contributed by atoms with Crippen molar-refractivity contribution in [3.05, 3.63) is 97.2 Å². The molecule has 0 aromatic heterocycles. The molecule has 93 heavy (non-hydrogen) atoms. The normalized spacial score (nSPS) is 17.7. The number of allylic oxidation sites excluding steroid dienone is 16. The highest BCUT2D eigenvalue weighted by Gasteiger charge is 2.41. The van der Waals surface area contributed by atoms with Crippen LogP contribution < -0.4 is 0 Å². The molecule has 2 saturated carbocycles. The summed E-state index contributed by atoms with van der Waals surface area (Å²) < 4.78 is 27.0. The molecule has 540 valence electrons. The quantitative estimate of drug-likeness (QED) is 0.0343. The van der Waals surface area contributed by atoms with Crippen molar-refractivity contribution in [1.82, 2.24) is 9.80 Å². The average molecular weight is 1300 g/mol. The van der Waals surface area contributed by atoms with Gasteiger partial charge in [0.25, 0.3) is 0 Å². The van der Waals surface area contributed by atoms with Crippen LogP contribution in [0, 0.1) is 11.8 Å². The van der Waals surface area contributed by atoms with Crippen molar-refractivity contribution in [1.29, 1.82) is 0 Å². The molecule has 6 nitrogen and oxygen atoms in total. The van der Waals surface area contributed by atoms with Crippen molar-refractivity contribution >= 4 is 0 Å². The third kappa shape index (κ3) is 56.3. The first kappa shape index (κ1) is 86.8. The number of unbranched alkanes of at least 4 members (excludes halogenated alkanes) is 33. The zero-order valence-corrected chi connectivity index (χ0v) is 63.1. The Hall–Kier alpha value is -2.32. The summed E-state index contributed by atoms with van der Waals surface area (Å²) in [5, 5.41) is 0. The first-order valence-corrected chi connectivity index (χ1v) is 40.9. The molecule has 2 rings (SSSR count). The molecule has 0 amide bonds. The molecule has 2 aliphatic rings. The van der Waals surface area contributed by atoms with E-state index in [0.717, 1.165) is 122 Å². The van der Waals surface area contributed by atoms with E-state index in [-0.39, 0.29) is 11.6 Å². The highest BCUT2D eigenvalue weighted by atomic mass is 16.7. The fourth-order valence-electron chi connectivity index (χ4n) is 13.5. The number of hydrogen-bond acceptors (Lipinski definition) is 6. The summed E-state index contributed by atoms with van der Waals surface area (Å²) in [4.78, 5) is 4.93. The maximum absolute atomic E-state index is 6.80. The van der Waals surface area contributed by atoms with Gasteiger partial charge < -0.3 is 28.7 Å². The summed E-state index contributed by atoms with van der Waals surface area (Å²) in [5.41, 5.74) is 0. The smallest absolute Gasteiger partial charge is 0.168 e. The molecule has 0 N–H and O–H groups in total. The van der Waals surface area contributed by atoms with Crippen LogP contribution in [0.5, 0.6) is 0 Å². The Morgan fingerprint density at radius 3 is 0.882 bits per heavy atom. The van der Waals surface area contributed by atoms with Crippen LogP contribution in [0.25, 0.3) is 0 Å². The SMILES string of the molecule is CCCCC/C=C\C/C=C\CCCCCCCOC1(OCCCCCCC/C=C\C/C=C\CCCCC)CCC(CCN(C)CCCCCC/C=C\C/C=C\CCCCCCCOC2(OCCCCCCC/C=C\C/C=C\CCCCC)CCC(CCN(C)C)C2)CC1. The Kier molecular flexibility index (Phi) is 62.4. The molecular weight excluding hydrogens is 1140 g/mol. The first-order chi connectivity index (χ1) is 45.9. The van der Waals surface area contributed by atoms with Gasteiger partial charge in [0.15, 0.2) is 11.6 Å². The third-order valence-corrected chi connectivity index (χ3v) is 19.8. The molecule has 2 unspecified atom stereocenters. The van der Waals surface area contributed by atoms with Gasteiger partial charge in [-0.05, 0) is 245 Å². The van der Waals surface area contributed by atoms with Crippen molar-refractivity contribution in [2.45, 2.75) is 379 Å². The molecule has 0 radical (unpaired) electrons. The predicted octanol–water partition coefficient (Wildman–Crippen LogP) is 26.8. The summed E-state index contributed by atoms with van der Waals surface area (Å²) in [6, 6.07) is 0. The van der Waals surface area contributed by atoms with E-state index in [4.69, 9.17) is 18.9 Å². The molecule has 2 atom stereocenters. The van der Waals surface area contributed by atoms with Crippen LogP contribution in [-0.2, 0) is 18.9 Å². The number of hydrogen-bond donors (Lipinski definition) is 0. The molecule has 0 aromatic carbocycles. The fraction of sp³-hybridized carbons (Fsp3) is 0.816. The summed E-state index contributed by atoms with van der Waals surface area (Å²) >= 11 is 0. The van der Waals surface area contributed by atoms with Crippen LogP contribution in [0.15, 0.2) is 97.2 Å². The summed E-state index contributed by atoms with van der Waals surface area (Å²) in [7, 11) is 6.74. The molecule has 0 saturated heterocycles. The second-order valence-electron chi connectivity index (χ2n) is 29.1. The molecule has 0 spiro atoms. The van der Waals surface area contributed by atoms with E-state index < -0.39 is 0 Å². The zero-order chi connectivity index (χ0) is 66.6. The van der Waals surface area contributed by atoms with Crippen LogP contribution in [0.3, 0.4) is 0 Å². The highest BCUT2D eigenvalue weighted by molar-refractivity contribution is 4.96. The number of ether oxygens (including phenoxy) is 4. The van der Waals surface area contributed by atoms with E-state index >= 15 is 0 Å². The lowest BCUT2D eigenvalue weighted by Crippen LogP contribution is -2.41. The lowest BCUT2D eigenvalue weighted by atomic mass is 9.83. The van der Waals surface area contributed by atoms with E-state index in [9.17, 15) is 0 Å². The van der Waals surface area contributed by atoms with E-state index in [1.165, 1.54) is 283 Å². The molecule has 0 heterocycles.